The maximum Gasteiger partial charge on any atom is 0.109 e. The highest BCUT2D eigenvalue weighted by atomic mass is 19.1. The SMILES string of the molecule is CCCNCc1c(CC)nn(CCF)c1CC. The van der Waals surface area contributed by atoms with Crippen molar-refractivity contribution in [2.24, 2.45) is 0 Å². The fourth-order valence-electron chi connectivity index (χ4n) is 2.13. The van der Waals surface area contributed by atoms with Crippen LogP contribution in [0.25, 0.3) is 0 Å². The van der Waals surface area contributed by atoms with Crippen molar-refractivity contribution in [3.63, 3.8) is 0 Å². The van der Waals surface area contributed by atoms with Gasteiger partial charge in [-0.05, 0) is 25.8 Å². The average molecular weight is 241 g/mol. The molecular formula is C13H24FN3. The first-order valence-corrected chi connectivity index (χ1v) is 6.62. The summed E-state index contributed by atoms with van der Waals surface area (Å²) in [6, 6.07) is 0. The standard InChI is InChI=1S/C13H24FN3/c1-4-8-15-10-11-12(5-2)16-17(9-7-14)13(11)6-3/h15H,4-10H2,1-3H3. The van der Waals surface area contributed by atoms with E-state index in [0.29, 0.717) is 6.54 Å². The van der Waals surface area contributed by atoms with Crippen LogP contribution in [0.4, 0.5) is 4.39 Å². The largest absolute Gasteiger partial charge is 0.313 e. The number of nitrogens with zero attached hydrogens (tertiary/aromatic N) is 2. The van der Waals surface area contributed by atoms with Crippen LogP contribution in [0.2, 0.25) is 0 Å². The number of hydrogen-bond donors (Lipinski definition) is 1. The van der Waals surface area contributed by atoms with Gasteiger partial charge in [-0.3, -0.25) is 4.68 Å². The van der Waals surface area contributed by atoms with E-state index in [1.807, 2.05) is 4.68 Å². The summed E-state index contributed by atoms with van der Waals surface area (Å²) in [6.07, 6.45) is 2.95. The molecule has 0 aliphatic rings. The number of rotatable bonds is 8. The van der Waals surface area contributed by atoms with E-state index in [0.717, 1.165) is 38.0 Å². The summed E-state index contributed by atoms with van der Waals surface area (Å²) in [6.45, 7) is 8.26. The maximum absolute atomic E-state index is 12.5. The first-order valence-electron chi connectivity index (χ1n) is 6.62. The second-order valence-electron chi connectivity index (χ2n) is 4.17. The molecule has 0 fully saturated rings. The fourth-order valence-corrected chi connectivity index (χ4v) is 2.13. The third-order valence-electron chi connectivity index (χ3n) is 2.94. The lowest BCUT2D eigenvalue weighted by atomic mass is 10.1. The molecule has 0 radical (unpaired) electrons. The molecule has 0 aromatic carbocycles. The minimum Gasteiger partial charge on any atom is -0.313 e. The van der Waals surface area contributed by atoms with Crippen molar-refractivity contribution in [3.8, 4) is 0 Å². The highest BCUT2D eigenvalue weighted by molar-refractivity contribution is 5.26. The fraction of sp³-hybridized carbons (Fsp3) is 0.769. The van der Waals surface area contributed by atoms with Gasteiger partial charge < -0.3 is 5.32 Å². The highest BCUT2D eigenvalue weighted by Crippen LogP contribution is 2.16. The van der Waals surface area contributed by atoms with Crippen LogP contribution in [0, 0.1) is 0 Å². The summed E-state index contributed by atoms with van der Waals surface area (Å²) in [5, 5.41) is 7.91. The molecule has 0 aliphatic carbocycles. The first-order chi connectivity index (χ1) is 8.28. The van der Waals surface area contributed by atoms with Gasteiger partial charge in [-0.15, -0.1) is 0 Å². The molecule has 0 aliphatic heterocycles. The van der Waals surface area contributed by atoms with Crippen LogP contribution < -0.4 is 5.32 Å². The molecule has 1 heterocycles. The van der Waals surface area contributed by atoms with E-state index >= 15 is 0 Å². The molecular weight excluding hydrogens is 217 g/mol. The van der Waals surface area contributed by atoms with Gasteiger partial charge >= 0.3 is 0 Å². The molecule has 1 aromatic heterocycles. The minimum atomic E-state index is -0.348. The second kappa shape index (κ2) is 7.43. The zero-order chi connectivity index (χ0) is 12.7. The molecule has 0 spiro atoms. The molecule has 0 atom stereocenters. The molecule has 4 heteroatoms. The van der Waals surface area contributed by atoms with Gasteiger partial charge in [0.15, 0.2) is 0 Å². The number of aryl methyl sites for hydroxylation is 2. The van der Waals surface area contributed by atoms with Crippen molar-refractivity contribution in [2.75, 3.05) is 13.2 Å². The predicted molar refractivity (Wildman–Crippen MR) is 69.0 cm³/mol. The molecule has 1 N–H and O–H groups in total. The van der Waals surface area contributed by atoms with E-state index < -0.39 is 0 Å². The molecule has 0 saturated heterocycles. The quantitative estimate of drug-likeness (QED) is 0.709. The van der Waals surface area contributed by atoms with Crippen molar-refractivity contribution in [1.82, 2.24) is 15.1 Å². The lowest BCUT2D eigenvalue weighted by Gasteiger charge is -2.07. The normalized spacial score (nSPS) is 11.1. The van der Waals surface area contributed by atoms with E-state index in [1.54, 1.807) is 0 Å². The van der Waals surface area contributed by atoms with Gasteiger partial charge in [0.2, 0.25) is 0 Å². The van der Waals surface area contributed by atoms with Crippen molar-refractivity contribution >= 4 is 0 Å². The van der Waals surface area contributed by atoms with Gasteiger partial charge in [0, 0.05) is 17.8 Å². The Balaban J connectivity index is 2.89. The monoisotopic (exact) mass is 241 g/mol. The Morgan fingerprint density at radius 3 is 2.53 bits per heavy atom. The second-order valence-corrected chi connectivity index (χ2v) is 4.17. The summed E-state index contributed by atoms with van der Waals surface area (Å²) in [7, 11) is 0. The number of nitrogens with one attached hydrogen (secondary N) is 1. The highest BCUT2D eigenvalue weighted by Gasteiger charge is 2.14. The number of aromatic nitrogens is 2. The zero-order valence-electron chi connectivity index (χ0n) is 11.2. The first kappa shape index (κ1) is 14.2. The van der Waals surface area contributed by atoms with Crippen molar-refractivity contribution in [3.05, 3.63) is 17.0 Å². The van der Waals surface area contributed by atoms with Crippen LogP contribution in [0.5, 0.6) is 0 Å². The Morgan fingerprint density at radius 2 is 2.00 bits per heavy atom. The molecule has 98 valence electrons. The smallest absolute Gasteiger partial charge is 0.109 e. The lowest BCUT2D eigenvalue weighted by Crippen LogP contribution is -2.16. The average Bonchev–Trinajstić information content (AvgIpc) is 2.67. The zero-order valence-corrected chi connectivity index (χ0v) is 11.2. The summed E-state index contributed by atoms with van der Waals surface area (Å²) < 4.78 is 14.3. The van der Waals surface area contributed by atoms with Crippen LogP contribution in [0.1, 0.15) is 44.1 Å². The van der Waals surface area contributed by atoms with Gasteiger partial charge in [0.05, 0.1) is 12.2 Å². The van der Waals surface area contributed by atoms with Gasteiger partial charge in [0.25, 0.3) is 0 Å². The molecule has 17 heavy (non-hydrogen) atoms. The van der Waals surface area contributed by atoms with E-state index in [4.69, 9.17) is 0 Å². The molecule has 0 saturated carbocycles. The van der Waals surface area contributed by atoms with E-state index in [1.165, 1.54) is 11.3 Å². The van der Waals surface area contributed by atoms with Gasteiger partial charge in [-0.2, -0.15) is 5.10 Å². The van der Waals surface area contributed by atoms with E-state index in [-0.39, 0.29) is 6.67 Å². The van der Waals surface area contributed by atoms with Crippen LogP contribution in [0.15, 0.2) is 0 Å². The Labute approximate surface area is 103 Å². The van der Waals surface area contributed by atoms with Crippen molar-refractivity contribution in [2.45, 2.75) is 53.1 Å². The Bertz CT molecular complexity index is 334. The number of hydrogen-bond acceptors (Lipinski definition) is 2. The van der Waals surface area contributed by atoms with Crippen molar-refractivity contribution < 1.29 is 4.39 Å². The topological polar surface area (TPSA) is 29.9 Å². The molecule has 0 bridgehead atoms. The predicted octanol–water partition coefficient (Wildman–Crippen LogP) is 2.48. The Morgan fingerprint density at radius 1 is 1.24 bits per heavy atom. The molecule has 1 aromatic rings. The maximum atomic E-state index is 12.5. The lowest BCUT2D eigenvalue weighted by molar-refractivity contribution is 0.419. The minimum absolute atomic E-state index is 0.348. The number of halogens is 1. The molecule has 0 amide bonds. The van der Waals surface area contributed by atoms with E-state index in [2.05, 4.69) is 31.2 Å². The van der Waals surface area contributed by atoms with Crippen molar-refractivity contribution in [1.29, 1.82) is 0 Å². The van der Waals surface area contributed by atoms with Crippen LogP contribution in [0.3, 0.4) is 0 Å². The van der Waals surface area contributed by atoms with Crippen LogP contribution in [-0.2, 0) is 25.9 Å². The van der Waals surface area contributed by atoms with Gasteiger partial charge in [0.1, 0.15) is 6.67 Å². The molecule has 3 nitrogen and oxygen atoms in total. The summed E-state index contributed by atoms with van der Waals surface area (Å²) in [5.41, 5.74) is 3.57. The van der Waals surface area contributed by atoms with Crippen LogP contribution in [-0.4, -0.2) is 23.0 Å². The summed E-state index contributed by atoms with van der Waals surface area (Å²) >= 11 is 0. The third-order valence-corrected chi connectivity index (χ3v) is 2.94. The third kappa shape index (κ3) is 3.53. The number of alkyl halides is 1. The molecule has 0 unspecified atom stereocenters. The van der Waals surface area contributed by atoms with E-state index in [9.17, 15) is 4.39 Å². The Kier molecular flexibility index (Phi) is 6.19. The Hall–Kier alpha value is -0.900. The molecule has 1 rings (SSSR count). The summed E-state index contributed by atoms with van der Waals surface area (Å²) in [5.74, 6) is 0. The van der Waals surface area contributed by atoms with Gasteiger partial charge in [-0.1, -0.05) is 20.8 Å². The van der Waals surface area contributed by atoms with Gasteiger partial charge in [-0.25, -0.2) is 4.39 Å². The summed E-state index contributed by atoms with van der Waals surface area (Å²) in [4.78, 5) is 0. The van der Waals surface area contributed by atoms with Crippen LogP contribution >= 0.6 is 0 Å².